The molecule has 2 aromatic heterocycles. The number of piperazine rings is 1. The van der Waals surface area contributed by atoms with E-state index >= 15 is 0 Å². The van der Waals surface area contributed by atoms with Crippen LogP contribution in [0, 0.1) is 0 Å². The van der Waals surface area contributed by atoms with Gasteiger partial charge in [0.15, 0.2) is 0 Å². The molecule has 0 atom stereocenters. The minimum absolute atomic E-state index is 0.0898. The predicted octanol–water partition coefficient (Wildman–Crippen LogP) is 0.674. The lowest BCUT2D eigenvalue weighted by molar-refractivity contribution is -0.117. The van der Waals surface area contributed by atoms with Gasteiger partial charge in [0.05, 0.1) is 19.9 Å². The van der Waals surface area contributed by atoms with Crippen molar-refractivity contribution in [2.24, 2.45) is 0 Å². The molecule has 25 heavy (non-hydrogen) atoms. The normalized spacial score (nSPS) is 15.9. The molecule has 0 aromatic carbocycles. The van der Waals surface area contributed by atoms with Crippen molar-refractivity contribution in [3.63, 3.8) is 0 Å². The van der Waals surface area contributed by atoms with E-state index in [1.807, 2.05) is 0 Å². The van der Waals surface area contributed by atoms with Gasteiger partial charge in [-0.25, -0.2) is 4.79 Å². The fraction of sp³-hybridized carbons (Fsp3) is 0.467. The molecule has 1 aliphatic heterocycles. The highest BCUT2D eigenvalue weighted by molar-refractivity contribution is 7.13. The molecule has 134 valence electrons. The Hall–Kier alpha value is -2.30. The lowest BCUT2D eigenvalue weighted by Crippen LogP contribution is -2.48. The number of furan rings is 1. The predicted molar refractivity (Wildman–Crippen MR) is 90.3 cm³/mol. The van der Waals surface area contributed by atoms with Gasteiger partial charge in [0.1, 0.15) is 5.51 Å². The molecule has 0 unspecified atom stereocenters. The zero-order valence-corrected chi connectivity index (χ0v) is 14.6. The number of esters is 1. The summed E-state index contributed by atoms with van der Waals surface area (Å²) in [7, 11) is 1.33. The number of rotatable bonds is 6. The molecule has 0 aliphatic carbocycles. The van der Waals surface area contributed by atoms with E-state index in [1.165, 1.54) is 24.7 Å². The summed E-state index contributed by atoms with van der Waals surface area (Å²) in [6.45, 7) is 4.10. The van der Waals surface area contributed by atoms with E-state index in [1.54, 1.807) is 11.6 Å². The molecule has 1 saturated heterocycles. The number of hydrogen-bond acceptors (Lipinski definition) is 9. The first-order chi connectivity index (χ1) is 12.2. The third-order valence-electron chi connectivity index (χ3n) is 3.95. The van der Waals surface area contributed by atoms with Gasteiger partial charge in [0, 0.05) is 38.3 Å². The van der Waals surface area contributed by atoms with E-state index in [0.29, 0.717) is 18.2 Å². The largest absolute Gasteiger partial charge is 0.463 e. The number of hydrogen-bond donors (Lipinski definition) is 1. The van der Waals surface area contributed by atoms with Crippen molar-refractivity contribution >= 4 is 28.3 Å². The molecule has 1 fully saturated rings. The van der Waals surface area contributed by atoms with Crippen LogP contribution in [-0.4, -0.2) is 71.7 Å². The molecule has 2 aromatic rings. The average molecular weight is 365 g/mol. The molecule has 1 N–H and O–H groups in total. The molecule has 1 aliphatic rings. The zero-order valence-electron chi connectivity index (χ0n) is 13.8. The highest BCUT2D eigenvalue weighted by Crippen LogP contribution is 2.16. The van der Waals surface area contributed by atoms with Gasteiger partial charge in [-0.15, -0.1) is 10.2 Å². The molecule has 0 bridgehead atoms. The van der Waals surface area contributed by atoms with Crippen LogP contribution >= 0.6 is 11.3 Å². The smallest absolute Gasteiger partial charge is 0.374 e. The maximum Gasteiger partial charge on any atom is 0.374 e. The molecule has 3 heterocycles. The Morgan fingerprint density at radius 2 is 2.08 bits per heavy atom. The Morgan fingerprint density at radius 1 is 1.32 bits per heavy atom. The van der Waals surface area contributed by atoms with Crippen molar-refractivity contribution in [1.29, 1.82) is 0 Å². The summed E-state index contributed by atoms with van der Waals surface area (Å²) in [5.41, 5.74) is 2.39. The van der Waals surface area contributed by atoms with Crippen LogP contribution in [0.15, 0.2) is 22.3 Å². The van der Waals surface area contributed by atoms with E-state index in [-0.39, 0.29) is 11.7 Å². The second-order valence-corrected chi connectivity index (χ2v) is 6.44. The third kappa shape index (κ3) is 4.62. The minimum atomic E-state index is -0.466. The number of aromatic nitrogens is 2. The Labute approximate surface area is 148 Å². The van der Waals surface area contributed by atoms with Gasteiger partial charge in [0.2, 0.25) is 16.8 Å². The lowest BCUT2D eigenvalue weighted by Gasteiger charge is -2.34. The van der Waals surface area contributed by atoms with E-state index < -0.39 is 5.97 Å². The first-order valence-electron chi connectivity index (χ1n) is 7.81. The molecular formula is C15H19N5O4S. The van der Waals surface area contributed by atoms with Crippen LogP contribution in [-0.2, 0) is 16.1 Å². The molecule has 0 saturated carbocycles. The van der Waals surface area contributed by atoms with Crippen molar-refractivity contribution in [2.45, 2.75) is 6.54 Å². The zero-order chi connectivity index (χ0) is 17.6. The second-order valence-electron chi connectivity index (χ2n) is 5.61. The van der Waals surface area contributed by atoms with Gasteiger partial charge < -0.3 is 9.15 Å². The summed E-state index contributed by atoms with van der Waals surface area (Å²) in [6.07, 6.45) is 1.50. The number of carbonyl (C=O) groups is 2. The lowest BCUT2D eigenvalue weighted by atomic mass is 10.2. The number of anilines is 1. The Morgan fingerprint density at radius 3 is 2.76 bits per heavy atom. The highest BCUT2D eigenvalue weighted by atomic mass is 32.1. The fourth-order valence-corrected chi connectivity index (χ4v) is 3.13. The SMILES string of the molecule is COC(=O)c1occc1CN1CCN(CC(=O)Nc2nncs2)CC1. The summed E-state index contributed by atoms with van der Waals surface area (Å²) in [5.74, 6) is -0.304. The van der Waals surface area contributed by atoms with E-state index in [0.717, 1.165) is 31.7 Å². The molecule has 10 heteroatoms. The van der Waals surface area contributed by atoms with Gasteiger partial charge in [0.25, 0.3) is 0 Å². The highest BCUT2D eigenvalue weighted by Gasteiger charge is 2.22. The van der Waals surface area contributed by atoms with Gasteiger partial charge >= 0.3 is 5.97 Å². The summed E-state index contributed by atoms with van der Waals surface area (Å²) in [6, 6.07) is 1.79. The van der Waals surface area contributed by atoms with Crippen molar-refractivity contribution in [2.75, 3.05) is 45.2 Å². The summed E-state index contributed by atoms with van der Waals surface area (Å²) < 4.78 is 9.92. The second kappa shape index (κ2) is 8.19. The molecule has 0 spiro atoms. The molecular weight excluding hydrogens is 346 g/mol. The monoisotopic (exact) mass is 365 g/mol. The summed E-state index contributed by atoms with van der Waals surface area (Å²) in [5, 5.41) is 10.7. The van der Waals surface area contributed by atoms with Gasteiger partial charge in [-0.2, -0.15) is 0 Å². The first kappa shape index (κ1) is 17.5. The number of methoxy groups -OCH3 is 1. The molecule has 3 rings (SSSR count). The van der Waals surface area contributed by atoms with Crippen LogP contribution in [0.2, 0.25) is 0 Å². The third-order valence-corrected chi connectivity index (χ3v) is 4.56. The van der Waals surface area contributed by atoms with Crippen LogP contribution in [0.4, 0.5) is 5.13 Å². The quantitative estimate of drug-likeness (QED) is 0.746. The summed E-state index contributed by atoms with van der Waals surface area (Å²) in [4.78, 5) is 27.9. The first-order valence-corrected chi connectivity index (χ1v) is 8.69. The Kier molecular flexibility index (Phi) is 5.74. The van der Waals surface area contributed by atoms with E-state index in [4.69, 9.17) is 9.15 Å². The number of ether oxygens (including phenoxy) is 1. The Balaban J connectivity index is 1.45. The van der Waals surface area contributed by atoms with Crippen LogP contribution in [0.3, 0.4) is 0 Å². The minimum Gasteiger partial charge on any atom is -0.463 e. The van der Waals surface area contributed by atoms with Crippen LogP contribution in [0.1, 0.15) is 16.1 Å². The molecule has 1 amide bonds. The van der Waals surface area contributed by atoms with Crippen molar-refractivity contribution in [3.05, 3.63) is 29.2 Å². The van der Waals surface area contributed by atoms with Gasteiger partial charge in [-0.3, -0.25) is 19.9 Å². The standard InChI is InChI=1S/C15H19N5O4S/c1-23-14(22)13-11(2-7-24-13)8-19-3-5-20(6-4-19)9-12(21)17-15-18-16-10-25-15/h2,7,10H,3-6,8-9H2,1H3,(H,17,18,21). The maximum absolute atomic E-state index is 12.0. The van der Waals surface area contributed by atoms with Crippen molar-refractivity contribution < 1.29 is 18.7 Å². The Bertz CT molecular complexity index is 709. The number of nitrogens with one attached hydrogen (secondary N) is 1. The van der Waals surface area contributed by atoms with Crippen LogP contribution in [0.5, 0.6) is 0 Å². The van der Waals surface area contributed by atoms with E-state index in [9.17, 15) is 9.59 Å². The molecule has 0 radical (unpaired) electrons. The summed E-state index contributed by atoms with van der Waals surface area (Å²) >= 11 is 1.29. The topological polar surface area (TPSA) is 101 Å². The average Bonchev–Trinajstić information content (AvgIpc) is 3.28. The van der Waals surface area contributed by atoms with Crippen molar-refractivity contribution in [3.8, 4) is 0 Å². The number of nitrogens with zero attached hydrogens (tertiary/aromatic N) is 4. The van der Waals surface area contributed by atoms with Crippen molar-refractivity contribution in [1.82, 2.24) is 20.0 Å². The van der Waals surface area contributed by atoms with Gasteiger partial charge in [-0.1, -0.05) is 11.3 Å². The van der Waals surface area contributed by atoms with E-state index in [2.05, 4.69) is 25.3 Å². The number of amides is 1. The van der Waals surface area contributed by atoms with Crippen LogP contribution in [0.25, 0.3) is 0 Å². The fourth-order valence-electron chi connectivity index (χ4n) is 2.67. The molecule has 9 nitrogen and oxygen atoms in total. The van der Waals surface area contributed by atoms with Crippen LogP contribution < -0.4 is 5.32 Å². The number of carbonyl (C=O) groups excluding carboxylic acids is 2. The van der Waals surface area contributed by atoms with Gasteiger partial charge in [-0.05, 0) is 6.07 Å². The maximum atomic E-state index is 12.0.